The molecule has 1 unspecified atom stereocenters. The van der Waals surface area contributed by atoms with E-state index in [1.54, 1.807) is 0 Å². The molecule has 0 fully saturated rings. The molecule has 0 bridgehead atoms. The zero-order valence-electron chi connectivity index (χ0n) is 13.9. The maximum absolute atomic E-state index is 10.9. The molecule has 0 saturated carbocycles. The van der Waals surface area contributed by atoms with Crippen molar-refractivity contribution in [3.8, 4) is 5.75 Å². The fraction of sp³-hybridized carbons (Fsp3) is 0.438. The largest absolute Gasteiger partial charge is 0.483 e. The highest BCUT2D eigenvalue weighted by molar-refractivity contribution is 7.99. The standard InChI is InChI=1S/C16H22N4O2S/c1-5-20-15(18-19-16(20)23-9-14(17)21)12(4)22-13-7-6-10(2)11(3)8-13/h6-8,12H,5,9H2,1-4H3,(H2,17,21). The van der Waals surface area contributed by atoms with Gasteiger partial charge >= 0.3 is 0 Å². The van der Waals surface area contributed by atoms with Crippen LogP contribution in [-0.2, 0) is 11.3 Å². The number of carbonyl (C=O) groups is 1. The summed E-state index contributed by atoms with van der Waals surface area (Å²) < 4.78 is 7.94. The third-order valence-corrected chi connectivity index (χ3v) is 4.55. The molecule has 0 aliphatic carbocycles. The summed E-state index contributed by atoms with van der Waals surface area (Å²) in [6.07, 6.45) is -0.243. The number of hydrogen-bond donors (Lipinski definition) is 1. The van der Waals surface area contributed by atoms with Crippen LogP contribution >= 0.6 is 11.8 Å². The Morgan fingerprint density at radius 1 is 1.35 bits per heavy atom. The van der Waals surface area contributed by atoms with Crippen molar-refractivity contribution in [1.82, 2.24) is 14.8 Å². The number of amides is 1. The van der Waals surface area contributed by atoms with Crippen molar-refractivity contribution in [2.75, 3.05) is 5.75 Å². The zero-order chi connectivity index (χ0) is 17.0. The summed E-state index contributed by atoms with van der Waals surface area (Å²) in [5, 5.41) is 9.04. The van der Waals surface area contributed by atoms with Crippen molar-refractivity contribution in [1.29, 1.82) is 0 Å². The third kappa shape index (κ3) is 4.25. The van der Waals surface area contributed by atoms with Gasteiger partial charge in [0.2, 0.25) is 5.91 Å². The summed E-state index contributed by atoms with van der Waals surface area (Å²) in [4.78, 5) is 10.9. The predicted octanol–water partition coefficient (Wildman–Crippen LogP) is 2.63. The quantitative estimate of drug-likeness (QED) is 0.787. The van der Waals surface area contributed by atoms with Crippen LogP contribution in [0.15, 0.2) is 23.4 Å². The summed E-state index contributed by atoms with van der Waals surface area (Å²) in [5.41, 5.74) is 7.60. The fourth-order valence-corrected chi connectivity index (χ4v) is 2.93. The molecule has 0 aliphatic heterocycles. The van der Waals surface area contributed by atoms with E-state index < -0.39 is 0 Å². The van der Waals surface area contributed by atoms with Crippen LogP contribution in [0.25, 0.3) is 0 Å². The topological polar surface area (TPSA) is 83.0 Å². The minimum absolute atomic E-state index is 0.185. The normalized spacial score (nSPS) is 12.2. The van der Waals surface area contributed by atoms with E-state index in [4.69, 9.17) is 10.5 Å². The van der Waals surface area contributed by atoms with Gasteiger partial charge in [0.25, 0.3) is 0 Å². The van der Waals surface area contributed by atoms with Crippen LogP contribution in [0.2, 0.25) is 0 Å². The van der Waals surface area contributed by atoms with Crippen LogP contribution in [0.5, 0.6) is 5.75 Å². The number of benzene rings is 1. The van der Waals surface area contributed by atoms with E-state index in [2.05, 4.69) is 24.0 Å². The average molecular weight is 334 g/mol. The Kier molecular flexibility index (Phi) is 5.65. The van der Waals surface area contributed by atoms with Gasteiger partial charge in [0.1, 0.15) is 5.75 Å². The highest BCUT2D eigenvalue weighted by atomic mass is 32.2. The Bertz CT molecular complexity index is 699. The summed E-state index contributed by atoms with van der Waals surface area (Å²) in [6, 6.07) is 6.01. The van der Waals surface area contributed by atoms with E-state index in [1.807, 2.05) is 36.6 Å². The number of aromatic nitrogens is 3. The molecule has 1 atom stereocenters. The number of primary amides is 1. The van der Waals surface area contributed by atoms with Gasteiger partial charge in [-0.05, 0) is 51.0 Å². The second kappa shape index (κ2) is 7.50. The molecule has 2 N–H and O–H groups in total. The molecule has 1 amide bonds. The zero-order valence-corrected chi connectivity index (χ0v) is 14.7. The molecular formula is C16H22N4O2S. The van der Waals surface area contributed by atoms with Gasteiger partial charge in [-0.3, -0.25) is 4.79 Å². The first-order valence-electron chi connectivity index (χ1n) is 7.50. The maximum Gasteiger partial charge on any atom is 0.227 e. The molecule has 0 aliphatic rings. The number of nitrogens with zero attached hydrogens (tertiary/aromatic N) is 3. The highest BCUT2D eigenvalue weighted by Gasteiger charge is 2.19. The first-order chi connectivity index (χ1) is 10.9. The van der Waals surface area contributed by atoms with Gasteiger partial charge in [-0.1, -0.05) is 17.8 Å². The lowest BCUT2D eigenvalue weighted by atomic mass is 10.1. The smallest absolute Gasteiger partial charge is 0.227 e. The Morgan fingerprint density at radius 3 is 2.70 bits per heavy atom. The molecule has 2 rings (SSSR count). The number of ether oxygens (including phenoxy) is 1. The lowest BCUT2D eigenvalue weighted by Gasteiger charge is -2.16. The van der Waals surface area contributed by atoms with Gasteiger partial charge < -0.3 is 15.0 Å². The van der Waals surface area contributed by atoms with E-state index >= 15 is 0 Å². The van der Waals surface area contributed by atoms with Crippen LogP contribution in [-0.4, -0.2) is 26.4 Å². The summed E-state index contributed by atoms with van der Waals surface area (Å²) >= 11 is 1.29. The molecule has 1 heterocycles. The second-order valence-electron chi connectivity index (χ2n) is 5.35. The lowest BCUT2D eigenvalue weighted by molar-refractivity contribution is -0.115. The molecule has 0 saturated heterocycles. The monoisotopic (exact) mass is 334 g/mol. The van der Waals surface area contributed by atoms with Crippen LogP contribution in [0.4, 0.5) is 0 Å². The Balaban J connectivity index is 2.16. The first kappa shape index (κ1) is 17.3. The Hall–Kier alpha value is -2.02. The fourth-order valence-electron chi connectivity index (χ4n) is 2.18. The molecule has 2 aromatic rings. The average Bonchev–Trinajstić information content (AvgIpc) is 2.91. The van der Waals surface area contributed by atoms with Gasteiger partial charge in [0.15, 0.2) is 17.1 Å². The maximum atomic E-state index is 10.9. The Labute approximate surface area is 140 Å². The van der Waals surface area contributed by atoms with E-state index in [0.29, 0.717) is 11.7 Å². The highest BCUT2D eigenvalue weighted by Crippen LogP contribution is 2.25. The minimum atomic E-state index is -0.373. The van der Waals surface area contributed by atoms with Gasteiger partial charge in [-0.25, -0.2) is 0 Å². The van der Waals surface area contributed by atoms with Gasteiger partial charge in [0.05, 0.1) is 5.75 Å². The van der Waals surface area contributed by atoms with Crippen molar-refractivity contribution in [2.45, 2.75) is 45.5 Å². The second-order valence-corrected chi connectivity index (χ2v) is 6.29. The van der Waals surface area contributed by atoms with Crippen LogP contribution in [0.1, 0.15) is 36.9 Å². The van der Waals surface area contributed by atoms with Crippen molar-refractivity contribution < 1.29 is 9.53 Å². The van der Waals surface area contributed by atoms with Gasteiger partial charge in [-0.2, -0.15) is 0 Å². The SMILES string of the molecule is CCn1c(SCC(N)=O)nnc1C(C)Oc1ccc(C)c(C)c1. The van der Waals surface area contributed by atoms with Crippen molar-refractivity contribution in [2.24, 2.45) is 5.73 Å². The van der Waals surface area contributed by atoms with Crippen LogP contribution in [0, 0.1) is 13.8 Å². The lowest BCUT2D eigenvalue weighted by Crippen LogP contribution is -2.15. The summed E-state index contributed by atoms with van der Waals surface area (Å²) in [5.74, 6) is 1.35. The van der Waals surface area contributed by atoms with E-state index in [9.17, 15) is 4.79 Å². The number of aryl methyl sites for hydroxylation is 2. The number of hydrogen-bond acceptors (Lipinski definition) is 5. The number of rotatable bonds is 7. The molecule has 0 spiro atoms. The molecule has 1 aromatic heterocycles. The van der Waals surface area contributed by atoms with Crippen molar-refractivity contribution in [3.05, 3.63) is 35.2 Å². The first-order valence-corrected chi connectivity index (χ1v) is 8.49. The molecule has 0 radical (unpaired) electrons. The minimum Gasteiger partial charge on any atom is -0.483 e. The summed E-state index contributed by atoms with van der Waals surface area (Å²) in [6.45, 7) is 8.76. The van der Waals surface area contributed by atoms with Gasteiger partial charge in [-0.15, -0.1) is 10.2 Å². The molecular weight excluding hydrogens is 312 g/mol. The molecule has 124 valence electrons. The summed E-state index contributed by atoms with van der Waals surface area (Å²) in [7, 11) is 0. The van der Waals surface area contributed by atoms with E-state index in [-0.39, 0.29) is 17.8 Å². The molecule has 23 heavy (non-hydrogen) atoms. The number of nitrogens with two attached hydrogens (primary N) is 1. The van der Waals surface area contributed by atoms with E-state index in [1.165, 1.54) is 22.9 Å². The molecule has 1 aromatic carbocycles. The van der Waals surface area contributed by atoms with Gasteiger partial charge in [0, 0.05) is 6.54 Å². The predicted molar refractivity (Wildman–Crippen MR) is 90.6 cm³/mol. The number of carbonyl (C=O) groups excluding carboxylic acids is 1. The van der Waals surface area contributed by atoms with Crippen molar-refractivity contribution in [3.63, 3.8) is 0 Å². The van der Waals surface area contributed by atoms with E-state index in [0.717, 1.165) is 11.6 Å². The molecule has 7 heteroatoms. The van der Waals surface area contributed by atoms with Crippen LogP contribution < -0.4 is 10.5 Å². The van der Waals surface area contributed by atoms with Crippen LogP contribution in [0.3, 0.4) is 0 Å². The Morgan fingerprint density at radius 2 is 2.09 bits per heavy atom. The molecule has 6 nitrogen and oxygen atoms in total. The van der Waals surface area contributed by atoms with Crippen molar-refractivity contribution >= 4 is 17.7 Å². The third-order valence-electron chi connectivity index (χ3n) is 3.56. The number of thioether (sulfide) groups is 1.